The third kappa shape index (κ3) is 3.47. The normalized spacial score (nSPS) is 11.4. The Kier molecular flexibility index (Phi) is 4.64. The topological polar surface area (TPSA) is 46.2 Å². The summed E-state index contributed by atoms with van der Waals surface area (Å²) in [5, 5.41) is 0.428. The summed E-state index contributed by atoms with van der Waals surface area (Å²) in [6.07, 6.45) is 0. The molecule has 0 radical (unpaired) electrons. The Morgan fingerprint density at radius 2 is 1.80 bits per heavy atom. The van der Waals surface area contributed by atoms with Crippen molar-refractivity contribution in [3.8, 4) is 0 Å². The highest BCUT2D eigenvalue weighted by atomic mass is 79.9. The first-order chi connectivity index (χ1) is 9.29. The van der Waals surface area contributed by atoms with Crippen molar-refractivity contribution in [3.05, 3.63) is 56.5 Å². The van der Waals surface area contributed by atoms with Gasteiger partial charge < -0.3 is 0 Å². The maximum atomic E-state index is 12.3. The summed E-state index contributed by atoms with van der Waals surface area (Å²) in [5.74, 6) is 0. The molecule has 0 saturated heterocycles. The molecule has 0 aliphatic heterocycles. The Bertz CT molecular complexity index is 763. The molecule has 0 amide bonds. The lowest BCUT2D eigenvalue weighted by atomic mass is 10.2. The van der Waals surface area contributed by atoms with Gasteiger partial charge in [0.15, 0.2) is 0 Å². The van der Waals surface area contributed by atoms with E-state index in [0.29, 0.717) is 10.7 Å². The summed E-state index contributed by atoms with van der Waals surface area (Å²) in [5.41, 5.74) is 1.38. The number of hydrogen-bond donors (Lipinski definition) is 1. The fourth-order valence-electron chi connectivity index (χ4n) is 1.60. The van der Waals surface area contributed by atoms with Gasteiger partial charge in [-0.2, -0.15) is 0 Å². The molecule has 20 heavy (non-hydrogen) atoms. The Morgan fingerprint density at radius 3 is 2.45 bits per heavy atom. The molecule has 0 unspecified atom stereocenters. The molecular formula is C13H10BrCl2NO2S. The molecule has 2 rings (SSSR count). The van der Waals surface area contributed by atoms with Crippen LogP contribution in [0.2, 0.25) is 10.0 Å². The quantitative estimate of drug-likeness (QED) is 0.807. The zero-order chi connectivity index (χ0) is 14.9. The molecule has 2 aromatic carbocycles. The van der Waals surface area contributed by atoms with E-state index in [2.05, 4.69) is 20.7 Å². The van der Waals surface area contributed by atoms with E-state index in [4.69, 9.17) is 23.2 Å². The number of halogens is 3. The van der Waals surface area contributed by atoms with Crippen molar-refractivity contribution in [1.29, 1.82) is 0 Å². The van der Waals surface area contributed by atoms with Gasteiger partial charge in [-0.25, -0.2) is 8.42 Å². The van der Waals surface area contributed by atoms with E-state index < -0.39 is 10.0 Å². The van der Waals surface area contributed by atoms with Gasteiger partial charge in [-0.15, -0.1) is 0 Å². The van der Waals surface area contributed by atoms with Crippen molar-refractivity contribution in [3.63, 3.8) is 0 Å². The van der Waals surface area contributed by atoms with Crippen molar-refractivity contribution in [2.45, 2.75) is 11.8 Å². The smallest absolute Gasteiger partial charge is 0.263 e. The van der Waals surface area contributed by atoms with Gasteiger partial charge in [-0.05, 0) is 48.9 Å². The van der Waals surface area contributed by atoms with Gasteiger partial charge in [-0.1, -0.05) is 39.1 Å². The molecule has 0 bridgehead atoms. The summed E-state index contributed by atoms with van der Waals surface area (Å²) in [6.45, 7) is 1.87. The van der Waals surface area contributed by atoms with Crippen LogP contribution in [-0.4, -0.2) is 8.42 Å². The first-order valence-corrected chi connectivity index (χ1v) is 8.57. The van der Waals surface area contributed by atoms with Gasteiger partial charge in [0.2, 0.25) is 0 Å². The second-order valence-electron chi connectivity index (χ2n) is 4.14. The lowest BCUT2D eigenvalue weighted by Crippen LogP contribution is -2.13. The van der Waals surface area contributed by atoms with E-state index in [0.717, 1.165) is 10.0 Å². The third-order valence-corrected chi connectivity index (χ3v) is 5.58. The molecule has 0 atom stereocenters. The molecule has 0 saturated carbocycles. The molecule has 0 spiro atoms. The molecule has 0 fully saturated rings. The number of rotatable bonds is 3. The van der Waals surface area contributed by atoms with Crippen LogP contribution < -0.4 is 4.72 Å². The number of anilines is 1. The predicted molar refractivity (Wildman–Crippen MR) is 86.1 cm³/mol. The van der Waals surface area contributed by atoms with Crippen molar-refractivity contribution in [2.24, 2.45) is 0 Å². The molecule has 3 nitrogen and oxygen atoms in total. The van der Waals surface area contributed by atoms with Crippen LogP contribution in [0.3, 0.4) is 0 Å². The minimum atomic E-state index is -3.78. The molecule has 106 valence electrons. The van der Waals surface area contributed by atoms with Gasteiger partial charge in [0, 0.05) is 15.2 Å². The van der Waals surface area contributed by atoms with Crippen molar-refractivity contribution >= 4 is 54.8 Å². The van der Waals surface area contributed by atoms with Crippen molar-refractivity contribution in [2.75, 3.05) is 4.72 Å². The first kappa shape index (κ1) is 15.6. The van der Waals surface area contributed by atoms with Crippen molar-refractivity contribution < 1.29 is 8.42 Å². The van der Waals surface area contributed by atoms with E-state index in [1.165, 1.54) is 18.2 Å². The number of sulfonamides is 1. The maximum absolute atomic E-state index is 12.3. The average molecular weight is 395 g/mol. The summed E-state index contributed by atoms with van der Waals surface area (Å²) >= 11 is 15.1. The summed E-state index contributed by atoms with van der Waals surface area (Å²) < 4.78 is 28.0. The Morgan fingerprint density at radius 1 is 1.10 bits per heavy atom. The van der Waals surface area contributed by atoms with Crippen LogP contribution in [0.4, 0.5) is 5.69 Å². The standard InChI is InChI=1S/C13H10BrCl2NO2S/c1-8-6-10(3-4-11(8)14)17-20(18,19)13-7-9(15)2-5-12(13)16/h2-7,17H,1H3. The Hall–Kier alpha value is -0.750. The van der Waals surface area contributed by atoms with Crippen LogP contribution in [0, 0.1) is 6.92 Å². The Labute approximate surface area is 136 Å². The molecule has 0 aliphatic carbocycles. The largest absolute Gasteiger partial charge is 0.280 e. The van der Waals surface area contributed by atoms with E-state index in [9.17, 15) is 8.42 Å². The average Bonchev–Trinajstić information content (AvgIpc) is 2.36. The second kappa shape index (κ2) is 5.93. The SMILES string of the molecule is Cc1cc(NS(=O)(=O)c2cc(Cl)ccc2Cl)ccc1Br. The van der Waals surface area contributed by atoms with Crippen LogP contribution in [0.15, 0.2) is 45.8 Å². The maximum Gasteiger partial charge on any atom is 0.263 e. The van der Waals surface area contributed by atoms with Gasteiger partial charge in [0.25, 0.3) is 10.0 Å². The highest BCUT2D eigenvalue weighted by molar-refractivity contribution is 9.10. The lowest BCUT2D eigenvalue weighted by molar-refractivity contribution is 0.601. The van der Waals surface area contributed by atoms with Crippen LogP contribution in [0.5, 0.6) is 0 Å². The highest BCUT2D eigenvalue weighted by Crippen LogP contribution is 2.28. The van der Waals surface area contributed by atoms with Gasteiger partial charge in [0.1, 0.15) is 4.90 Å². The van der Waals surface area contributed by atoms with E-state index in [1.807, 2.05) is 6.92 Å². The molecule has 2 aromatic rings. The molecule has 0 heterocycles. The van der Waals surface area contributed by atoms with Gasteiger partial charge in [-0.3, -0.25) is 4.72 Å². The molecule has 0 aliphatic rings. The number of benzene rings is 2. The van der Waals surface area contributed by atoms with Crippen LogP contribution in [0.25, 0.3) is 0 Å². The highest BCUT2D eigenvalue weighted by Gasteiger charge is 2.18. The predicted octanol–water partition coefficient (Wildman–Crippen LogP) is 4.87. The minimum Gasteiger partial charge on any atom is -0.280 e. The van der Waals surface area contributed by atoms with Crippen LogP contribution in [0.1, 0.15) is 5.56 Å². The summed E-state index contributed by atoms with van der Waals surface area (Å²) in [6, 6.07) is 9.45. The van der Waals surface area contributed by atoms with E-state index in [-0.39, 0.29) is 9.92 Å². The number of nitrogens with one attached hydrogen (secondary N) is 1. The van der Waals surface area contributed by atoms with Crippen molar-refractivity contribution in [1.82, 2.24) is 0 Å². The molecule has 1 N–H and O–H groups in total. The zero-order valence-electron chi connectivity index (χ0n) is 10.3. The summed E-state index contributed by atoms with van der Waals surface area (Å²) in [4.78, 5) is -0.0489. The van der Waals surface area contributed by atoms with E-state index in [1.54, 1.807) is 18.2 Å². The number of hydrogen-bond acceptors (Lipinski definition) is 2. The van der Waals surface area contributed by atoms with E-state index >= 15 is 0 Å². The summed E-state index contributed by atoms with van der Waals surface area (Å²) in [7, 11) is -3.78. The number of aryl methyl sites for hydroxylation is 1. The third-order valence-electron chi connectivity index (χ3n) is 2.59. The van der Waals surface area contributed by atoms with Gasteiger partial charge in [0.05, 0.1) is 5.02 Å². The molecule has 0 aromatic heterocycles. The van der Waals surface area contributed by atoms with Crippen LogP contribution >= 0.6 is 39.1 Å². The molecule has 7 heteroatoms. The fraction of sp³-hybridized carbons (Fsp3) is 0.0769. The Balaban J connectivity index is 2.40. The monoisotopic (exact) mass is 393 g/mol. The first-order valence-electron chi connectivity index (χ1n) is 5.53. The second-order valence-corrected chi connectivity index (χ2v) is 7.49. The van der Waals surface area contributed by atoms with Crippen LogP contribution in [-0.2, 0) is 10.0 Å². The minimum absolute atomic E-state index is 0.0489. The lowest BCUT2D eigenvalue weighted by Gasteiger charge is -2.11. The molecular weight excluding hydrogens is 385 g/mol. The zero-order valence-corrected chi connectivity index (χ0v) is 14.2. The van der Waals surface area contributed by atoms with Gasteiger partial charge >= 0.3 is 0 Å². The fourth-order valence-corrected chi connectivity index (χ4v) is 3.66.